The Bertz CT molecular complexity index is 507. The molecule has 0 saturated carbocycles. The second kappa shape index (κ2) is 7.11. The maximum Gasteiger partial charge on any atom is 0.306 e. The Morgan fingerprint density at radius 1 is 1.33 bits per heavy atom. The van der Waals surface area contributed by atoms with Gasteiger partial charge in [-0.2, -0.15) is 0 Å². The van der Waals surface area contributed by atoms with Gasteiger partial charge in [-0.25, -0.2) is 0 Å². The van der Waals surface area contributed by atoms with E-state index in [1.54, 1.807) is 4.90 Å². The van der Waals surface area contributed by atoms with Gasteiger partial charge in [-0.15, -0.1) is 0 Å². The highest BCUT2D eigenvalue weighted by Crippen LogP contribution is 2.18. The van der Waals surface area contributed by atoms with Gasteiger partial charge in [-0.1, -0.05) is 12.1 Å². The van der Waals surface area contributed by atoms with E-state index >= 15 is 0 Å². The lowest BCUT2D eigenvalue weighted by Crippen LogP contribution is -2.40. The highest BCUT2D eigenvalue weighted by atomic mass is 16.5. The molecule has 0 aliphatic carbocycles. The number of aryl methyl sites for hydroxylation is 1. The van der Waals surface area contributed by atoms with E-state index in [2.05, 4.69) is 0 Å². The van der Waals surface area contributed by atoms with Crippen LogP contribution >= 0.6 is 0 Å². The van der Waals surface area contributed by atoms with Crippen molar-refractivity contribution in [3.63, 3.8) is 0 Å². The van der Waals surface area contributed by atoms with Gasteiger partial charge in [0.05, 0.1) is 18.9 Å². The molecule has 5 heteroatoms. The number of amides is 1. The number of nitrogens with zero attached hydrogens (tertiary/aromatic N) is 1. The van der Waals surface area contributed by atoms with Gasteiger partial charge in [-0.3, -0.25) is 9.59 Å². The van der Waals surface area contributed by atoms with Crippen LogP contribution in [-0.2, 0) is 9.59 Å². The number of ether oxygens (including phenoxy) is 1. The summed E-state index contributed by atoms with van der Waals surface area (Å²) in [6.45, 7) is 3.40. The molecule has 0 bridgehead atoms. The molecule has 1 aliphatic heterocycles. The summed E-state index contributed by atoms with van der Waals surface area (Å²) in [6.07, 6.45) is 1.41. The second-order valence-electron chi connectivity index (χ2n) is 5.41. The van der Waals surface area contributed by atoms with Gasteiger partial charge >= 0.3 is 5.97 Å². The maximum atomic E-state index is 12.0. The summed E-state index contributed by atoms with van der Waals surface area (Å²) in [5, 5.41) is 8.93. The standard InChI is InChI=1S/C16H21NO4/c1-12-3-2-4-14(11-12)21-10-7-15(18)17-8-5-13(6-9-17)16(19)20/h2-4,11,13H,5-10H2,1H3,(H,19,20). The van der Waals surface area contributed by atoms with Crippen molar-refractivity contribution in [3.05, 3.63) is 29.8 Å². The first-order valence-electron chi connectivity index (χ1n) is 7.26. The monoisotopic (exact) mass is 291 g/mol. The van der Waals surface area contributed by atoms with Gasteiger partial charge < -0.3 is 14.7 Å². The molecule has 0 aromatic heterocycles. The molecule has 0 radical (unpaired) electrons. The van der Waals surface area contributed by atoms with E-state index in [0.29, 0.717) is 39.0 Å². The smallest absolute Gasteiger partial charge is 0.306 e. The molecule has 2 rings (SSSR count). The fraction of sp³-hybridized carbons (Fsp3) is 0.500. The molecule has 0 unspecified atom stereocenters. The molecule has 1 fully saturated rings. The first-order chi connectivity index (χ1) is 10.1. The van der Waals surface area contributed by atoms with E-state index in [1.165, 1.54) is 0 Å². The highest BCUT2D eigenvalue weighted by molar-refractivity contribution is 5.77. The molecule has 1 aromatic rings. The third-order valence-electron chi connectivity index (χ3n) is 3.77. The van der Waals surface area contributed by atoms with Crippen LogP contribution < -0.4 is 4.74 Å². The minimum Gasteiger partial charge on any atom is -0.493 e. The highest BCUT2D eigenvalue weighted by Gasteiger charge is 2.26. The van der Waals surface area contributed by atoms with Crippen LogP contribution in [0.2, 0.25) is 0 Å². The Kier molecular flexibility index (Phi) is 5.20. The van der Waals surface area contributed by atoms with Crippen molar-refractivity contribution in [3.8, 4) is 5.75 Å². The topological polar surface area (TPSA) is 66.8 Å². The van der Waals surface area contributed by atoms with Crippen molar-refractivity contribution in [1.82, 2.24) is 4.90 Å². The number of piperidine rings is 1. The van der Waals surface area contributed by atoms with Crippen LogP contribution in [0.3, 0.4) is 0 Å². The fourth-order valence-electron chi connectivity index (χ4n) is 2.50. The quantitative estimate of drug-likeness (QED) is 0.902. The van der Waals surface area contributed by atoms with Crippen LogP contribution in [0.5, 0.6) is 5.75 Å². The molecule has 21 heavy (non-hydrogen) atoms. The van der Waals surface area contributed by atoms with E-state index in [1.807, 2.05) is 31.2 Å². The molecule has 0 atom stereocenters. The molecule has 1 saturated heterocycles. The third kappa shape index (κ3) is 4.48. The van der Waals surface area contributed by atoms with Gasteiger partial charge in [0, 0.05) is 13.1 Å². The molecule has 114 valence electrons. The SMILES string of the molecule is Cc1cccc(OCCC(=O)N2CCC(C(=O)O)CC2)c1. The number of aliphatic carboxylic acids is 1. The van der Waals surface area contributed by atoms with Crippen LogP contribution in [0.15, 0.2) is 24.3 Å². The maximum absolute atomic E-state index is 12.0. The predicted molar refractivity (Wildman–Crippen MR) is 78.2 cm³/mol. The zero-order chi connectivity index (χ0) is 15.2. The molecule has 1 aliphatic rings. The number of rotatable bonds is 5. The number of carbonyl (C=O) groups excluding carboxylic acids is 1. The number of benzene rings is 1. The summed E-state index contributed by atoms with van der Waals surface area (Å²) in [5.74, 6) is -0.263. The lowest BCUT2D eigenvalue weighted by Gasteiger charge is -2.30. The molecule has 5 nitrogen and oxygen atoms in total. The molecule has 1 aromatic carbocycles. The van der Waals surface area contributed by atoms with Crippen molar-refractivity contribution in [1.29, 1.82) is 0 Å². The van der Waals surface area contributed by atoms with E-state index in [4.69, 9.17) is 9.84 Å². The molecule has 1 heterocycles. The summed E-state index contributed by atoms with van der Waals surface area (Å²) >= 11 is 0. The minimum atomic E-state index is -0.759. The summed E-state index contributed by atoms with van der Waals surface area (Å²) in [7, 11) is 0. The van der Waals surface area contributed by atoms with Gasteiger partial charge in [0.25, 0.3) is 0 Å². The van der Waals surface area contributed by atoms with Crippen LogP contribution in [0, 0.1) is 12.8 Å². The summed E-state index contributed by atoms with van der Waals surface area (Å²) < 4.78 is 5.57. The Labute approximate surface area is 124 Å². The molecular formula is C16H21NO4. The van der Waals surface area contributed by atoms with Gasteiger partial charge in [0.15, 0.2) is 0 Å². The Balaban J connectivity index is 1.72. The van der Waals surface area contributed by atoms with Crippen molar-refractivity contribution in [2.45, 2.75) is 26.2 Å². The second-order valence-corrected chi connectivity index (χ2v) is 5.41. The fourth-order valence-corrected chi connectivity index (χ4v) is 2.50. The minimum absolute atomic E-state index is 0.0338. The Hall–Kier alpha value is -2.04. The first-order valence-corrected chi connectivity index (χ1v) is 7.26. The van der Waals surface area contributed by atoms with Crippen molar-refractivity contribution >= 4 is 11.9 Å². The summed E-state index contributed by atoms with van der Waals surface area (Å²) in [4.78, 5) is 24.6. The summed E-state index contributed by atoms with van der Waals surface area (Å²) in [5.41, 5.74) is 1.12. The van der Waals surface area contributed by atoms with E-state index in [-0.39, 0.29) is 11.8 Å². The largest absolute Gasteiger partial charge is 0.493 e. The van der Waals surface area contributed by atoms with Crippen LogP contribution in [0.4, 0.5) is 0 Å². The third-order valence-corrected chi connectivity index (χ3v) is 3.77. The number of carboxylic acids is 1. The number of hydrogen-bond donors (Lipinski definition) is 1. The predicted octanol–water partition coefficient (Wildman–Crippen LogP) is 2.09. The first kappa shape index (κ1) is 15.4. The molecule has 1 amide bonds. The van der Waals surface area contributed by atoms with Crippen LogP contribution in [-0.4, -0.2) is 41.6 Å². The zero-order valence-corrected chi connectivity index (χ0v) is 12.2. The van der Waals surface area contributed by atoms with Gasteiger partial charge in [-0.05, 0) is 37.5 Å². The van der Waals surface area contributed by atoms with Crippen molar-refractivity contribution < 1.29 is 19.4 Å². The lowest BCUT2D eigenvalue weighted by atomic mass is 9.97. The number of likely N-dealkylation sites (tertiary alicyclic amines) is 1. The van der Waals surface area contributed by atoms with Gasteiger partial charge in [0.2, 0.25) is 5.91 Å². The normalized spacial score (nSPS) is 15.8. The van der Waals surface area contributed by atoms with E-state index in [0.717, 1.165) is 11.3 Å². The molecule has 0 spiro atoms. The van der Waals surface area contributed by atoms with E-state index in [9.17, 15) is 9.59 Å². The summed E-state index contributed by atoms with van der Waals surface area (Å²) in [6, 6.07) is 7.71. The van der Waals surface area contributed by atoms with Crippen LogP contribution in [0.1, 0.15) is 24.8 Å². The average molecular weight is 291 g/mol. The molecule has 1 N–H and O–H groups in total. The van der Waals surface area contributed by atoms with Crippen molar-refractivity contribution in [2.75, 3.05) is 19.7 Å². The zero-order valence-electron chi connectivity index (χ0n) is 12.2. The average Bonchev–Trinajstić information content (AvgIpc) is 2.47. The number of hydrogen-bond acceptors (Lipinski definition) is 3. The number of carboxylic acid groups (broad SMARTS) is 1. The van der Waals surface area contributed by atoms with Gasteiger partial charge in [0.1, 0.15) is 5.75 Å². The van der Waals surface area contributed by atoms with Crippen molar-refractivity contribution in [2.24, 2.45) is 5.92 Å². The lowest BCUT2D eigenvalue weighted by molar-refractivity contribution is -0.145. The molecular weight excluding hydrogens is 270 g/mol. The Morgan fingerprint density at radius 3 is 2.67 bits per heavy atom. The van der Waals surface area contributed by atoms with Crippen LogP contribution in [0.25, 0.3) is 0 Å². The van der Waals surface area contributed by atoms with E-state index < -0.39 is 5.97 Å². The number of carbonyl (C=O) groups is 2. The Morgan fingerprint density at radius 2 is 2.05 bits per heavy atom.